The minimum absolute atomic E-state index is 0.0974. The highest BCUT2D eigenvalue weighted by Gasteiger charge is 2.37. The summed E-state index contributed by atoms with van der Waals surface area (Å²) in [6.45, 7) is 3.61. The van der Waals surface area contributed by atoms with Crippen LogP contribution in [-0.4, -0.2) is 34.3 Å². The molecule has 10 nitrogen and oxygen atoms in total. The maximum absolute atomic E-state index is 12.2. The summed E-state index contributed by atoms with van der Waals surface area (Å²) in [5.41, 5.74) is 8.15. The van der Waals surface area contributed by atoms with Gasteiger partial charge in [-0.05, 0) is 57.4 Å². The number of aryl methyl sites for hydroxylation is 1. The molecule has 1 aromatic heterocycles. The van der Waals surface area contributed by atoms with Gasteiger partial charge in [0.1, 0.15) is 18.9 Å². The number of carbonyl (C=O) groups excluding carboxylic acids is 1. The minimum atomic E-state index is -0.744. The number of nitrogens with one attached hydrogen (secondary N) is 1. The second-order valence-corrected chi connectivity index (χ2v) is 9.75. The molecule has 1 aliphatic rings. The average molecular weight is 578 g/mol. The van der Waals surface area contributed by atoms with Gasteiger partial charge in [-0.1, -0.05) is 85.0 Å². The van der Waals surface area contributed by atoms with Gasteiger partial charge in [-0.2, -0.15) is 0 Å². The van der Waals surface area contributed by atoms with Gasteiger partial charge in [-0.25, -0.2) is 4.79 Å². The van der Waals surface area contributed by atoms with E-state index in [9.17, 15) is 14.4 Å². The molecular formula is C32H43N5O5. The number of allylic oxidation sites excluding steroid dienone is 12. The Morgan fingerprint density at radius 2 is 1.55 bits per heavy atom. The number of hydrogen-bond donors (Lipinski definition) is 1. The molecule has 1 unspecified atom stereocenters. The Bertz CT molecular complexity index is 1310. The first-order valence-electron chi connectivity index (χ1n) is 14.5. The van der Waals surface area contributed by atoms with Gasteiger partial charge in [-0.15, -0.1) is 0 Å². The Morgan fingerprint density at radius 3 is 2.10 bits per heavy atom. The van der Waals surface area contributed by atoms with Crippen molar-refractivity contribution in [2.45, 2.75) is 90.0 Å². The summed E-state index contributed by atoms with van der Waals surface area (Å²) in [6.07, 6.45) is 32.1. The summed E-state index contributed by atoms with van der Waals surface area (Å²) in [6, 6.07) is -0.615. The Labute approximate surface area is 247 Å². The van der Waals surface area contributed by atoms with Crippen LogP contribution in [0, 0.1) is 6.92 Å². The largest absolute Gasteiger partial charge is 0.463 e. The van der Waals surface area contributed by atoms with Crippen LogP contribution in [0.15, 0.2) is 93.8 Å². The van der Waals surface area contributed by atoms with E-state index in [1.54, 1.807) is 6.92 Å². The van der Waals surface area contributed by atoms with E-state index in [4.69, 9.17) is 15.0 Å². The lowest BCUT2D eigenvalue weighted by Crippen LogP contribution is -2.33. The number of H-pyrrole nitrogens is 1. The summed E-state index contributed by atoms with van der Waals surface area (Å²) >= 11 is 0. The quantitative estimate of drug-likeness (QED) is 0.0669. The molecule has 3 atom stereocenters. The highest BCUT2D eigenvalue weighted by atomic mass is 16.6. The van der Waals surface area contributed by atoms with Crippen LogP contribution in [0.5, 0.6) is 0 Å². The molecule has 226 valence electrons. The monoisotopic (exact) mass is 577 g/mol. The van der Waals surface area contributed by atoms with E-state index in [1.165, 1.54) is 10.8 Å². The standard InChI is InChI=1S/C32H43N5O5/c1-3-4-5-6-7-8-9-10-11-12-13-14-15-16-17-18-19-20-21-22-30(38)41-25-28-27(35-36-33)23-29(42-28)37-24-26(2)31(39)34-32(37)40/h4-5,7-8,10-11,13-14,16-17,19-20,24,27-29H,3,6,9,12,15,18,21-23,25H2,1-2H3,(H,34,39,40)/t27-,28+,29?/m0/s1. The van der Waals surface area contributed by atoms with Crippen LogP contribution in [0.3, 0.4) is 0 Å². The van der Waals surface area contributed by atoms with Gasteiger partial charge in [-0.3, -0.25) is 19.1 Å². The van der Waals surface area contributed by atoms with Crippen molar-refractivity contribution < 1.29 is 14.3 Å². The second-order valence-electron chi connectivity index (χ2n) is 9.75. The van der Waals surface area contributed by atoms with Gasteiger partial charge in [0.2, 0.25) is 0 Å². The molecule has 0 spiro atoms. The minimum Gasteiger partial charge on any atom is -0.463 e. The molecule has 2 rings (SSSR count). The second kappa shape index (κ2) is 20.7. The predicted octanol–water partition coefficient (Wildman–Crippen LogP) is 6.83. The molecule has 1 aromatic rings. The Morgan fingerprint density at radius 1 is 1.00 bits per heavy atom. The summed E-state index contributed by atoms with van der Waals surface area (Å²) in [5, 5.41) is 3.73. The van der Waals surface area contributed by atoms with Crippen molar-refractivity contribution in [2.75, 3.05) is 6.61 Å². The van der Waals surface area contributed by atoms with E-state index in [-0.39, 0.29) is 19.4 Å². The van der Waals surface area contributed by atoms with Crippen molar-refractivity contribution in [1.29, 1.82) is 0 Å². The molecule has 42 heavy (non-hydrogen) atoms. The highest BCUT2D eigenvalue weighted by Crippen LogP contribution is 2.30. The average Bonchev–Trinajstić information content (AvgIpc) is 3.37. The highest BCUT2D eigenvalue weighted by molar-refractivity contribution is 5.69. The zero-order valence-electron chi connectivity index (χ0n) is 24.6. The maximum atomic E-state index is 12.2. The van der Waals surface area contributed by atoms with E-state index in [0.29, 0.717) is 12.0 Å². The molecular weight excluding hydrogens is 534 g/mol. The van der Waals surface area contributed by atoms with Gasteiger partial charge < -0.3 is 9.47 Å². The molecule has 0 saturated carbocycles. The zero-order valence-corrected chi connectivity index (χ0v) is 24.6. The van der Waals surface area contributed by atoms with E-state index < -0.39 is 35.6 Å². The molecule has 0 aromatic carbocycles. The van der Waals surface area contributed by atoms with E-state index in [2.05, 4.69) is 82.7 Å². The molecule has 1 saturated heterocycles. The van der Waals surface area contributed by atoms with Crippen molar-refractivity contribution in [3.8, 4) is 0 Å². The normalized spacial score (nSPS) is 19.3. The fourth-order valence-electron chi connectivity index (χ4n) is 4.11. The van der Waals surface area contributed by atoms with Crippen molar-refractivity contribution in [3.05, 3.63) is 116 Å². The smallest absolute Gasteiger partial charge is 0.330 e. The fourth-order valence-corrected chi connectivity index (χ4v) is 4.11. The SMILES string of the molecule is CCC=CCC=CCC=CCC=CCC=CCC=CCCC(=O)OC[C@H]1OC(n2cc(C)c(=O)[nH]c2=O)C[C@@H]1N=[N+]=[N-]. The number of rotatable bonds is 18. The topological polar surface area (TPSA) is 139 Å². The molecule has 0 bridgehead atoms. The lowest BCUT2D eigenvalue weighted by atomic mass is 10.1. The van der Waals surface area contributed by atoms with Crippen molar-refractivity contribution in [2.24, 2.45) is 5.11 Å². The van der Waals surface area contributed by atoms with Crippen LogP contribution in [0.4, 0.5) is 0 Å². The summed E-state index contributed by atoms with van der Waals surface area (Å²) in [7, 11) is 0. The number of ether oxygens (including phenoxy) is 2. The van der Waals surface area contributed by atoms with Crippen LogP contribution in [0.2, 0.25) is 0 Å². The van der Waals surface area contributed by atoms with Crippen LogP contribution in [0.25, 0.3) is 10.4 Å². The van der Waals surface area contributed by atoms with Crippen LogP contribution >= 0.6 is 0 Å². The number of hydrogen-bond acceptors (Lipinski definition) is 6. The molecule has 1 aliphatic heterocycles. The number of aromatic amines is 1. The van der Waals surface area contributed by atoms with E-state index >= 15 is 0 Å². The van der Waals surface area contributed by atoms with Crippen molar-refractivity contribution in [3.63, 3.8) is 0 Å². The maximum Gasteiger partial charge on any atom is 0.330 e. The molecule has 2 heterocycles. The number of esters is 1. The third kappa shape index (κ3) is 13.5. The number of azide groups is 1. The van der Waals surface area contributed by atoms with Crippen LogP contribution in [-0.2, 0) is 14.3 Å². The lowest BCUT2D eigenvalue weighted by molar-refractivity contribution is -0.148. The van der Waals surface area contributed by atoms with E-state index in [1.807, 2.05) is 12.2 Å². The first-order chi connectivity index (χ1) is 20.5. The summed E-state index contributed by atoms with van der Waals surface area (Å²) in [5.74, 6) is -0.390. The fraction of sp³-hybridized carbons (Fsp3) is 0.469. The Hall–Kier alpha value is -4.14. The molecule has 0 radical (unpaired) electrons. The first kappa shape index (κ1) is 34.1. The molecule has 1 fully saturated rings. The van der Waals surface area contributed by atoms with Crippen LogP contribution < -0.4 is 11.2 Å². The predicted molar refractivity (Wildman–Crippen MR) is 166 cm³/mol. The third-order valence-corrected chi connectivity index (χ3v) is 6.38. The first-order valence-corrected chi connectivity index (χ1v) is 14.5. The molecule has 0 amide bonds. The summed E-state index contributed by atoms with van der Waals surface area (Å²) in [4.78, 5) is 41.1. The summed E-state index contributed by atoms with van der Waals surface area (Å²) < 4.78 is 12.4. The van der Waals surface area contributed by atoms with Gasteiger partial charge in [0, 0.05) is 29.5 Å². The van der Waals surface area contributed by atoms with Gasteiger partial charge in [0.15, 0.2) is 0 Å². The van der Waals surface area contributed by atoms with Gasteiger partial charge in [0.25, 0.3) is 5.56 Å². The van der Waals surface area contributed by atoms with Gasteiger partial charge in [0.05, 0.1) is 6.04 Å². The number of nitrogens with zero attached hydrogens (tertiary/aromatic N) is 4. The Kier molecular flexibility index (Phi) is 16.8. The molecule has 0 aliphatic carbocycles. The van der Waals surface area contributed by atoms with Crippen molar-refractivity contribution in [1.82, 2.24) is 9.55 Å². The van der Waals surface area contributed by atoms with E-state index in [0.717, 1.165) is 38.5 Å². The molecule has 1 N–H and O–H groups in total. The van der Waals surface area contributed by atoms with Gasteiger partial charge >= 0.3 is 11.7 Å². The van der Waals surface area contributed by atoms with Crippen molar-refractivity contribution >= 4 is 5.97 Å². The lowest BCUT2D eigenvalue weighted by Gasteiger charge is -2.16. The Balaban J connectivity index is 1.60. The molecule has 10 heteroatoms. The third-order valence-electron chi connectivity index (χ3n) is 6.38. The van der Waals surface area contributed by atoms with Crippen LogP contribution in [0.1, 0.15) is 76.5 Å². The number of aromatic nitrogens is 2. The zero-order chi connectivity index (χ0) is 30.4. The number of carbonyl (C=O) groups is 1.